The number of hydrogen-bond donors (Lipinski definition) is 0. The lowest BCUT2D eigenvalue weighted by Crippen LogP contribution is -2.44. The molecule has 112 valence electrons. The molecule has 0 aromatic carbocycles. The first-order valence-corrected chi connectivity index (χ1v) is 7.76. The van der Waals surface area contributed by atoms with Gasteiger partial charge in [0.15, 0.2) is 0 Å². The second-order valence-electron chi connectivity index (χ2n) is 5.88. The van der Waals surface area contributed by atoms with E-state index >= 15 is 0 Å². The third kappa shape index (κ3) is 3.72. The fourth-order valence-corrected chi connectivity index (χ4v) is 3.27. The highest BCUT2D eigenvalue weighted by Crippen LogP contribution is 2.24. The quantitative estimate of drug-likeness (QED) is 0.843. The highest BCUT2D eigenvalue weighted by molar-refractivity contribution is 5.49. The fraction of sp³-hybridized carbons (Fsp3) is 0.625. The number of pyridine rings is 1. The number of hydrogen-bond acceptors (Lipinski definition) is 5. The number of nitriles is 1. The van der Waals surface area contributed by atoms with Crippen LogP contribution in [0.4, 0.5) is 5.69 Å². The molecule has 1 atom stereocenters. The lowest BCUT2D eigenvalue weighted by atomic mass is 9.96. The molecule has 2 saturated heterocycles. The Labute approximate surface area is 126 Å². The molecule has 2 fully saturated rings. The van der Waals surface area contributed by atoms with Crippen LogP contribution in [-0.4, -0.2) is 55.8 Å². The predicted octanol–water partition coefficient (Wildman–Crippen LogP) is 1.50. The van der Waals surface area contributed by atoms with Crippen LogP contribution < -0.4 is 4.90 Å². The molecule has 1 aromatic heterocycles. The van der Waals surface area contributed by atoms with Gasteiger partial charge in [0.25, 0.3) is 0 Å². The van der Waals surface area contributed by atoms with Crippen molar-refractivity contribution in [2.75, 3.05) is 50.8 Å². The molecule has 1 unspecified atom stereocenters. The van der Waals surface area contributed by atoms with Crippen LogP contribution in [0.1, 0.15) is 18.5 Å². The van der Waals surface area contributed by atoms with Crippen LogP contribution in [0.3, 0.4) is 0 Å². The zero-order chi connectivity index (χ0) is 14.5. The van der Waals surface area contributed by atoms with Crippen molar-refractivity contribution in [3.05, 3.63) is 24.0 Å². The molecule has 0 N–H and O–H groups in total. The average molecular weight is 286 g/mol. The third-order valence-corrected chi connectivity index (χ3v) is 4.36. The topological polar surface area (TPSA) is 52.4 Å². The molecule has 3 rings (SSSR count). The highest BCUT2D eigenvalue weighted by Gasteiger charge is 2.23. The molecule has 2 aliphatic heterocycles. The summed E-state index contributed by atoms with van der Waals surface area (Å²) in [6, 6.07) is 6.04. The van der Waals surface area contributed by atoms with Crippen molar-refractivity contribution in [2.45, 2.75) is 12.8 Å². The maximum absolute atomic E-state index is 8.98. The van der Waals surface area contributed by atoms with Crippen molar-refractivity contribution in [1.82, 2.24) is 9.88 Å². The Morgan fingerprint density at radius 1 is 1.33 bits per heavy atom. The van der Waals surface area contributed by atoms with Gasteiger partial charge in [0, 0.05) is 44.6 Å². The Morgan fingerprint density at radius 3 is 3.00 bits per heavy atom. The van der Waals surface area contributed by atoms with Crippen molar-refractivity contribution in [2.24, 2.45) is 5.92 Å². The molecule has 21 heavy (non-hydrogen) atoms. The van der Waals surface area contributed by atoms with E-state index in [1.807, 2.05) is 12.1 Å². The SMILES string of the molecule is N#Cc1cc(N2CCCC(CN3CCOCC3)C2)ccn1. The predicted molar refractivity (Wildman–Crippen MR) is 81.1 cm³/mol. The van der Waals surface area contributed by atoms with Crippen LogP contribution in [0.15, 0.2) is 18.3 Å². The van der Waals surface area contributed by atoms with Crippen molar-refractivity contribution in [3.63, 3.8) is 0 Å². The summed E-state index contributed by atoms with van der Waals surface area (Å²) in [6.07, 6.45) is 4.25. The largest absolute Gasteiger partial charge is 0.379 e. The Morgan fingerprint density at radius 2 is 2.19 bits per heavy atom. The monoisotopic (exact) mass is 286 g/mol. The Balaban J connectivity index is 1.61. The molecule has 0 saturated carbocycles. The second kappa shape index (κ2) is 6.88. The first-order chi connectivity index (χ1) is 10.3. The van der Waals surface area contributed by atoms with Gasteiger partial charge >= 0.3 is 0 Å². The summed E-state index contributed by atoms with van der Waals surface area (Å²) in [5, 5.41) is 8.98. The zero-order valence-electron chi connectivity index (χ0n) is 12.4. The Kier molecular flexibility index (Phi) is 4.69. The number of anilines is 1. The first kappa shape index (κ1) is 14.3. The van der Waals surface area contributed by atoms with Crippen molar-refractivity contribution in [3.8, 4) is 6.07 Å². The van der Waals surface area contributed by atoms with E-state index in [9.17, 15) is 0 Å². The summed E-state index contributed by atoms with van der Waals surface area (Å²) in [7, 11) is 0. The lowest BCUT2D eigenvalue weighted by molar-refractivity contribution is 0.0296. The number of rotatable bonds is 3. The van der Waals surface area contributed by atoms with Gasteiger partial charge in [-0.25, -0.2) is 4.98 Å². The summed E-state index contributed by atoms with van der Waals surface area (Å²) in [5.41, 5.74) is 1.64. The number of nitrogens with zero attached hydrogens (tertiary/aromatic N) is 4. The second-order valence-corrected chi connectivity index (χ2v) is 5.88. The fourth-order valence-electron chi connectivity index (χ4n) is 3.27. The lowest BCUT2D eigenvalue weighted by Gasteiger charge is -2.37. The van der Waals surface area contributed by atoms with Gasteiger partial charge in [0.05, 0.1) is 13.2 Å². The van der Waals surface area contributed by atoms with E-state index in [-0.39, 0.29) is 0 Å². The van der Waals surface area contributed by atoms with Crippen molar-refractivity contribution < 1.29 is 4.74 Å². The van der Waals surface area contributed by atoms with E-state index in [0.29, 0.717) is 11.6 Å². The molecule has 1 aromatic rings. The van der Waals surface area contributed by atoms with Crippen LogP contribution in [0.25, 0.3) is 0 Å². The molecule has 5 heteroatoms. The van der Waals surface area contributed by atoms with E-state index in [2.05, 4.69) is 20.9 Å². The van der Waals surface area contributed by atoms with Crippen LogP contribution in [0.5, 0.6) is 0 Å². The summed E-state index contributed by atoms with van der Waals surface area (Å²) in [4.78, 5) is 8.97. The standard InChI is InChI=1S/C16H22N4O/c17-11-15-10-16(3-4-18-15)20-5-1-2-14(13-20)12-19-6-8-21-9-7-19/h3-4,10,14H,1-2,5-9,12-13H2. The molecule has 0 radical (unpaired) electrons. The third-order valence-electron chi connectivity index (χ3n) is 4.36. The molecule has 3 heterocycles. The summed E-state index contributed by atoms with van der Waals surface area (Å²) < 4.78 is 5.42. The van der Waals surface area contributed by atoms with Gasteiger partial charge in [-0.1, -0.05) is 0 Å². The minimum Gasteiger partial charge on any atom is -0.379 e. The minimum atomic E-state index is 0.503. The van der Waals surface area contributed by atoms with E-state index in [4.69, 9.17) is 10.00 Å². The average Bonchev–Trinajstić information content (AvgIpc) is 2.56. The van der Waals surface area contributed by atoms with Gasteiger partial charge in [-0.2, -0.15) is 5.26 Å². The summed E-state index contributed by atoms with van der Waals surface area (Å²) >= 11 is 0. The van der Waals surface area contributed by atoms with Crippen molar-refractivity contribution in [1.29, 1.82) is 5.26 Å². The maximum Gasteiger partial charge on any atom is 0.142 e. The molecular formula is C16H22N4O. The number of aromatic nitrogens is 1. The number of ether oxygens (including phenoxy) is 1. The molecule has 0 bridgehead atoms. The van der Waals surface area contributed by atoms with Gasteiger partial charge < -0.3 is 9.64 Å². The zero-order valence-corrected chi connectivity index (χ0v) is 12.4. The molecular weight excluding hydrogens is 264 g/mol. The molecule has 5 nitrogen and oxygen atoms in total. The summed E-state index contributed by atoms with van der Waals surface area (Å²) in [6.45, 7) is 7.17. The van der Waals surface area contributed by atoms with Crippen LogP contribution >= 0.6 is 0 Å². The Bertz CT molecular complexity index is 507. The van der Waals surface area contributed by atoms with E-state index in [0.717, 1.165) is 51.6 Å². The van der Waals surface area contributed by atoms with Crippen LogP contribution in [0.2, 0.25) is 0 Å². The van der Waals surface area contributed by atoms with Gasteiger partial charge in [0.1, 0.15) is 11.8 Å². The van der Waals surface area contributed by atoms with Crippen LogP contribution in [-0.2, 0) is 4.74 Å². The van der Waals surface area contributed by atoms with E-state index in [1.54, 1.807) is 6.20 Å². The van der Waals surface area contributed by atoms with E-state index in [1.165, 1.54) is 12.8 Å². The van der Waals surface area contributed by atoms with Gasteiger partial charge in [-0.05, 0) is 30.9 Å². The molecule has 2 aliphatic rings. The van der Waals surface area contributed by atoms with Gasteiger partial charge in [-0.3, -0.25) is 4.90 Å². The number of piperidine rings is 1. The van der Waals surface area contributed by atoms with Gasteiger partial charge in [0.2, 0.25) is 0 Å². The van der Waals surface area contributed by atoms with Crippen molar-refractivity contribution >= 4 is 5.69 Å². The minimum absolute atomic E-state index is 0.503. The molecule has 0 aliphatic carbocycles. The van der Waals surface area contributed by atoms with Crippen LogP contribution in [0, 0.1) is 17.2 Å². The smallest absolute Gasteiger partial charge is 0.142 e. The maximum atomic E-state index is 8.98. The number of morpholine rings is 1. The Hall–Kier alpha value is -1.64. The van der Waals surface area contributed by atoms with Gasteiger partial charge in [-0.15, -0.1) is 0 Å². The highest BCUT2D eigenvalue weighted by atomic mass is 16.5. The molecule has 0 spiro atoms. The normalized spacial score (nSPS) is 23.8. The first-order valence-electron chi connectivity index (χ1n) is 7.76. The summed E-state index contributed by atoms with van der Waals surface area (Å²) in [5.74, 6) is 0.704. The molecule has 0 amide bonds. The van der Waals surface area contributed by atoms with E-state index < -0.39 is 0 Å².